The quantitative estimate of drug-likeness (QED) is 0.637. The molecule has 7 heteroatoms. The molecule has 0 N–H and O–H groups in total. The van der Waals surface area contributed by atoms with Crippen LogP contribution in [0.5, 0.6) is 0 Å². The molecular weight excluding hydrogens is 335 g/mol. The first-order valence-corrected chi connectivity index (χ1v) is 8.34. The van der Waals surface area contributed by atoms with Crippen LogP contribution in [-0.4, -0.2) is 61.5 Å². The molecule has 0 saturated heterocycles. The lowest BCUT2D eigenvalue weighted by Gasteiger charge is -2.26. The van der Waals surface area contributed by atoms with E-state index in [0.29, 0.717) is 13.1 Å². The first-order chi connectivity index (χ1) is 11.4. The summed E-state index contributed by atoms with van der Waals surface area (Å²) in [5.74, 6) is -1.61. The third kappa shape index (κ3) is 5.76. The second-order valence-corrected chi connectivity index (χ2v) is 5.65. The van der Waals surface area contributed by atoms with E-state index in [1.165, 1.54) is 30.2 Å². The second kappa shape index (κ2) is 10.3. The van der Waals surface area contributed by atoms with Crippen LogP contribution in [-0.2, 0) is 9.53 Å². The van der Waals surface area contributed by atoms with Crippen molar-refractivity contribution in [3.05, 3.63) is 34.6 Å². The number of ether oxygens (including phenoxy) is 1. The molecule has 1 aromatic rings. The Kier molecular flexibility index (Phi) is 8.71. The lowest BCUT2D eigenvalue weighted by molar-refractivity contribution is -0.140. The standard InChI is InChI=1S/C17H24ClFN2O3/c1-4-20(5-2)11-12-21(10-9-15(22)24-3)17(23)16-13(18)7-6-8-14(16)19/h6-8H,4-5,9-12H2,1-3H3. The first-order valence-electron chi connectivity index (χ1n) is 7.97. The molecule has 1 aromatic carbocycles. The number of methoxy groups -OCH3 is 1. The summed E-state index contributed by atoms with van der Waals surface area (Å²) in [7, 11) is 1.29. The van der Waals surface area contributed by atoms with Crippen LogP contribution in [0.3, 0.4) is 0 Å². The topological polar surface area (TPSA) is 49.9 Å². The summed E-state index contributed by atoms with van der Waals surface area (Å²) in [6.45, 7) is 6.90. The fraction of sp³-hybridized carbons (Fsp3) is 0.529. The number of likely N-dealkylation sites (N-methyl/N-ethyl adjacent to an activating group) is 1. The van der Waals surface area contributed by atoms with E-state index in [4.69, 9.17) is 11.6 Å². The summed E-state index contributed by atoms with van der Waals surface area (Å²) in [5.41, 5.74) is -0.163. The van der Waals surface area contributed by atoms with Gasteiger partial charge in [-0.15, -0.1) is 0 Å². The fourth-order valence-corrected chi connectivity index (χ4v) is 2.55. The summed E-state index contributed by atoms with van der Waals surface area (Å²) < 4.78 is 18.6. The van der Waals surface area contributed by atoms with E-state index in [1.807, 2.05) is 13.8 Å². The van der Waals surface area contributed by atoms with Crippen molar-refractivity contribution >= 4 is 23.5 Å². The minimum Gasteiger partial charge on any atom is -0.469 e. The predicted molar refractivity (Wildman–Crippen MR) is 91.7 cm³/mol. The number of benzene rings is 1. The van der Waals surface area contributed by atoms with Gasteiger partial charge in [0, 0.05) is 19.6 Å². The average molecular weight is 359 g/mol. The van der Waals surface area contributed by atoms with Crippen LogP contribution in [0.1, 0.15) is 30.6 Å². The van der Waals surface area contributed by atoms with Crippen LogP contribution in [0.4, 0.5) is 4.39 Å². The van der Waals surface area contributed by atoms with Crippen LogP contribution in [0.2, 0.25) is 5.02 Å². The van der Waals surface area contributed by atoms with E-state index < -0.39 is 17.7 Å². The fourth-order valence-electron chi connectivity index (χ4n) is 2.31. The van der Waals surface area contributed by atoms with Crippen molar-refractivity contribution in [3.63, 3.8) is 0 Å². The highest BCUT2D eigenvalue weighted by atomic mass is 35.5. The zero-order valence-electron chi connectivity index (χ0n) is 14.3. The molecular formula is C17H24ClFN2O3. The molecule has 0 aliphatic heterocycles. The Balaban J connectivity index is 2.93. The van der Waals surface area contributed by atoms with Crippen molar-refractivity contribution < 1.29 is 18.7 Å². The van der Waals surface area contributed by atoms with E-state index in [9.17, 15) is 14.0 Å². The van der Waals surface area contributed by atoms with Crippen LogP contribution >= 0.6 is 11.6 Å². The Hall–Kier alpha value is -1.66. The molecule has 0 unspecified atom stereocenters. The van der Waals surface area contributed by atoms with Gasteiger partial charge in [0.25, 0.3) is 5.91 Å². The SMILES string of the molecule is CCN(CC)CCN(CCC(=O)OC)C(=O)c1c(F)cccc1Cl. The molecule has 0 atom stereocenters. The number of rotatable bonds is 9. The number of carbonyl (C=O) groups excluding carboxylic acids is 2. The zero-order valence-corrected chi connectivity index (χ0v) is 15.1. The number of hydrogen-bond donors (Lipinski definition) is 0. The molecule has 0 radical (unpaired) electrons. The van der Waals surface area contributed by atoms with Crippen LogP contribution in [0.25, 0.3) is 0 Å². The highest BCUT2D eigenvalue weighted by molar-refractivity contribution is 6.33. The van der Waals surface area contributed by atoms with Gasteiger partial charge < -0.3 is 14.5 Å². The number of halogens is 2. The Bertz CT molecular complexity index is 545. The van der Waals surface area contributed by atoms with Gasteiger partial charge in [-0.2, -0.15) is 0 Å². The van der Waals surface area contributed by atoms with Gasteiger partial charge >= 0.3 is 5.97 Å². The van der Waals surface area contributed by atoms with E-state index in [1.54, 1.807) is 0 Å². The van der Waals surface area contributed by atoms with Gasteiger partial charge in [0.2, 0.25) is 0 Å². The zero-order chi connectivity index (χ0) is 18.1. The summed E-state index contributed by atoms with van der Waals surface area (Å²) in [6.07, 6.45) is 0.0482. The summed E-state index contributed by atoms with van der Waals surface area (Å²) in [5, 5.41) is 0.0610. The number of amides is 1. The molecule has 134 valence electrons. The van der Waals surface area contributed by atoms with E-state index in [-0.39, 0.29) is 23.6 Å². The van der Waals surface area contributed by atoms with Crippen molar-refractivity contribution in [1.82, 2.24) is 9.80 Å². The number of esters is 1. The highest BCUT2D eigenvalue weighted by Crippen LogP contribution is 2.21. The van der Waals surface area contributed by atoms with Crippen molar-refractivity contribution in [3.8, 4) is 0 Å². The van der Waals surface area contributed by atoms with Crippen molar-refractivity contribution in [2.24, 2.45) is 0 Å². The van der Waals surface area contributed by atoms with Gasteiger partial charge in [-0.05, 0) is 25.2 Å². The molecule has 0 bridgehead atoms. The molecule has 0 heterocycles. The van der Waals surface area contributed by atoms with Gasteiger partial charge in [0.05, 0.1) is 24.1 Å². The maximum absolute atomic E-state index is 14.0. The largest absolute Gasteiger partial charge is 0.469 e. The van der Waals surface area contributed by atoms with Crippen molar-refractivity contribution in [1.29, 1.82) is 0 Å². The van der Waals surface area contributed by atoms with Crippen molar-refractivity contribution in [2.75, 3.05) is 39.8 Å². The smallest absolute Gasteiger partial charge is 0.307 e. The van der Waals surface area contributed by atoms with Gasteiger partial charge in [-0.3, -0.25) is 9.59 Å². The van der Waals surface area contributed by atoms with Gasteiger partial charge in [0.1, 0.15) is 5.82 Å². The van der Waals surface area contributed by atoms with Crippen molar-refractivity contribution in [2.45, 2.75) is 20.3 Å². The highest BCUT2D eigenvalue weighted by Gasteiger charge is 2.23. The maximum atomic E-state index is 14.0. The molecule has 1 amide bonds. The third-order valence-corrected chi connectivity index (χ3v) is 4.17. The van der Waals surface area contributed by atoms with Crippen LogP contribution in [0, 0.1) is 5.82 Å². The van der Waals surface area contributed by atoms with Crippen LogP contribution in [0.15, 0.2) is 18.2 Å². The van der Waals surface area contributed by atoms with Gasteiger partial charge in [0.15, 0.2) is 0 Å². The molecule has 0 aliphatic carbocycles. The molecule has 0 aliphatic rings. The minimum atomic E-state index is -0.668. The Labute approximate surface area is 147 Å². The molecule has 0 spiro atoms. The first kappa shape index (κ1) is 20.4. The predicted octanol–water partition coefficient (Wildman–Crippen LogP) is 2.83. The summed E-state index contributed by atoms with van der Waals surface area (Å²) in [4.78, 5) is 27.7. The normalized spacial score (nSPS) is 10.8. The van der Waals surface area contributed by atoms with E-state index >= 15 is 0 Å². The molecule has 24 heavy (non-hydrogen) atoms. The maximum Gasteiger partial charge on any atom is 0.307 e. The second-order valence-electron chi connectivity index (χ2n) is 5.24. The number of nitrogens with zero attached hydrogens (tertiary/aromatic N) is 2. The minimum absolute atomic E-state index is 0.0482. The van der Waals surface area contributed by atoms with Gasteiger partial charge in [-0.1, -0.05) is 31.5 Å². The average Bonchev–Trinajstić information content (AvgIpc) is 2.57. The molecule has 0 fully saturated rings. The Morgan fingerprint density at radius 2 is 1.83 bits per heavy atom. The lowest BCUT2D eigenvalue weighted by atomic mass is 10.1. The third-order valence-electron chi connectivity index (χ3n) is 3.86. The van der Waals surface area contributed by atoms with E-state index in [0.717, 1.165) is 13.1 Å². The monoisotopic (exact) mass is 358 g/mol. The molecule has 0 saturated carbocycles. The Morgan fingerprint density at radius 1 is 1.17 bits per heavy atom. The number of hydrogen-bond acceptors (Lipinski definition) is 4. The summed E-state index contributed by atoms with van der Waals surface area (Å²) in [6, 6.07) is 4.12. The Morgan fingerprint density at radius 3 is 2.38 bits per heavy atom. The molecule has 5 nitrogen and oxygen atoms in total. The van der Waals surface area contributed by atoms with Gasteiger partial charge in [-0.25, -0.2) is 4.39 Å². The molecule has 0 aromatic heterocycles. The lowest BCUT2D eigenvalue weighted by Crippen LogP contribution is -2.40. The number of carbonyl (C=O) groups is 2. The van der Waals surface area contributed by atoms with E-state index in [2.05, 4.69) is 9.64 Å². The summed E-state index contributed by atoms with van der Waals surface area (Å²) >= 11 is 5.99. The van der Waals surface area contributed by atoms with Crippen LogP contribution < -0.4 is 0 Å². The molecule has 1 rings (SSSR count).